The van der Waals surface area contributed by atoms with Gasteiger partial charge in [0.25, 0.3) is 0 Å². The Bertz CT molecular complexity index is 1330. The third kappa shape index (κ3) is 10.6. The molecule has 220 valence electrons. The first-order valence-corrected chi connectivity index (χ1v) is 13.4. The molecule has 0 aliphatic carbocycles. The van der Waals surface area contributed by atoms with E-state index in [0.717, 1.165) is 23.6 Å². The maximum atomic E-state index is 12.6. The minimum Gasteiger partial charge on any atom is -0.494 e. The van der Waals surface area contributed by atoms with Crippen molar-refractivity contribution in [3.05, 3.63) is 103 Å². The molecule has 0 radical (unpaired) electrons. The zero-order valence-electron chi connectivity index (χ0n) is 23.3. The molecule has 0 aliphatic rings. The Labute approximate surface area is 244 Å². The Morgan fingerprint density at radius 1 is 0.667 bits per heavy atom. The van der Waals surface area contributed by atoms with Gasteiger partial charge in [0.15, 0.2) is 0 Å². The number of esters is 3. The molecule has 0 fully saturated rings. The van der Waals surface area contributed by atoms with Crippen LogP contribution in [0.15, 0.2) is 97.6 Å². The van der Waals surface area contributed by atoms with E-state index >= 15 is 0 Å². The molecule has 3 rings (SSSR count). The molecule has 0 unspecified atom stereocenters. The second-order valence-corrected chi connectivity index (χ2v) is 8.99. The Morgan fingerprint density at radius 2 is 1.17 bits per heavy atom. The highest BCUT2D eigenvalue weighted by molar-refractivity contribution is 5.91. The van der Waals surface area contributed by atoms with Crippen molar-refractivity contribution < 1.29 is 43.2 Å². The summed E-state index contributed by atoms with van der Waals surface area (Å²) in [6.45, 7) is 7.65. The molecule has 1 N–H and O–H groups in total. The van der Waals surface area contributed by atoms with Gasteiger partial charge >= 0.3 is 17.9 Å². The molecule has 9 heteroatoms. The van der Waals surface area contributed by atoms with Gasteiger partial charge in [-0.15, -0.1) is 0 Å². The largest absolute Gasteiger partial charge is 0.494 e. The summed E-state index contributed by atoms with van der Waals surface area (Å²) in [7, 11) is 0. The van der Waals surface area contributed by atoms with Crippen molar-refractivity contribution >= 4 is 17.9 Å². The molecular weight excluding hydrogens is 540 g/mol. The van der Waals surface area contributed by atoms with Gasteiger partial charge in [-0.2, -0.15) is 0 Å². The lowest BCUT2D eigenvalue weighted by Crippen LogP contribution is -2.12. The van der Waals surface area contributed by atoms with Crippen LogP contribution in [0.2, 0.25) is 0 Å². The number of ether oxygens (including phenoxy) is 5. The summed E-state index contributed by atoms with van der Waals surface area (Å²) in [6.07, 6.45) is 3.03. The first-order valence-electron chi connectivity index (χ1n) is 13.4. The third-order valence-corrected chi connectivity index (χ3v) is 5.83. The van der Waals surface area contributed by atoms with E-state index in [4.69, 9.17) is 28.8 Å². The van der Waals surface area contributed by atoms with Gasteiger partial charge in [-0.25, -0.2) is 14.4 Å². The molecule has 0 amide bonds. The Morgan fingerprint density at radius 3 is 1.76 bits per heavy atom. The van der Waals surface area contributed by atoms with Crippen LogP contribution in [0.3, 0.4) is 0 Å². The minimum absolute atomic E-state index is 0.0176. The molecule has 0 aromatic heterocycles. The summed E-state index contributed by atoms with van der Waals surface area (Å²) in [6, 6.07) is 21.4. The fourth-order valence-electron chi connectivity index (χ4n) is 3.52. The highest BCUT2D eigenvalue weighted by Gasteiger charge is 2.10. The van der Waals surface area contributed by atoms with Crippen LogP contribution >= 0.6 is 0 Å². The van der Waals surface area contributed by atoms with Gasteiger partial charge in [-0.1, -0.05) is 37.4 Å². The lowest BCUT2D eigenvalue weighted by Gasteiger charge is -2.09. The molecule has 0 saturated heterocycles. The van der Waals surface area contributed by atoms with Crippen LogP contribution in [0.1, 0.15) is 29.6 Å². The lowest BCUT2D eigenvalue weighted by molar-refractivity contribution is -0.140. The van der Waals surface area contributed by atoms with Crippen molar-refractivity contribution in [2.24, 2.45) is 0 Å². The number of carbonyl (C=O) groups excluding carboxylic acids is 3. The van der Waals surface area contributed by atoms with E-state index in [9.17, 15) is 14.4 Å². The monoisotopic (exact) mass is 574 g/mol. The average molecular weight is 575 g/mol. The highest BCUT2D eigenvalue weighted by Crippen LogP contribution is 2.24. The van der Waals surface area contributed by atoms with Crippen LogP contribution in [-0.4, -0.2) is 56.0 Å². The quantitative estimate of drug-likeness (QED) is 0.0989. The average Bonchev–Trinajstić information content (AvgIpc) is 3.03. The number of benzene rings is 3. The fourth-order valence-corrected chi connectivity index (χ4v) is 3.52. The second-order valence-electron chi connectivity index (χ2n) is 8.99. The molecule has 0 spiro atoms. The van der Waals surface area contributed by atoms with Crippen molar-refractivity contribution in [3.8, 4) is 28.4 Å². The summed E-state index contributed by atoms with van der Waals surface area (Å²) in [4.78, 5) is 35.0. The van der Waals surface area contributed by atoms with Crippen molar-refractivity contribution in [1.29, 1.82) is 0 Å². The van der Waals surface area contributed by atoms with Crippen molar-refractivity contribution in [2.45, 2.75) is 19.3 Å². The van der Waals surface area contributed by atoms with E-state index < -0.39 is 24.5 Å². The number of aliphatic hydroxyl groups is 1. The van der Waals surface area contributed by atoms with Crippen LogP contribution in [0.4, 0.5) is 0 Å². The molecule has 3 aromatic carbocycles. The van der Waals surface area contributed by atoms with Crippen molar-refractivity contribution in [2.75, 3.05) is 33.0 Å². The maximum Gasteiger partial charge on any atom is 0.343 e. The Kier molecular flexibility index (Phi) is 12.8. The molecule has 3 aromatic rings. The van der Waals surface area contributed by atoms with Crippen LogP contribution in [0.25, 0.3) is 11.1 Å². The SMILES string of the molecule is C=CC(=O)OCCCCOc1ccc(OC(=O)c2ccc(-c3ccc(OCCCOC(=O)C(=C)CO)cc3)cc2)cc1. The topological polar surface area (TPSA) is 118 Å². The zero-order chi connectivity index (χ0) is 30.2. The number of hydrogen-bond acceptors (Lipinski definition) is 9. The normalized spacial score (nSPS) is 10.3. The van der Waals surface area contributed by atoms with E-state index in [1.54, 1.807) is 36.4 Å². The standard InChI is InChI=1S/C33H34O9/c1-3-31(35)40-20-5-4-19-38-29-15-17-30(18-16-29)42-33(37)27-9-7-25(8-10-27)26-11-13-28(14-12-26)39-21-6-22-41-32(36)24(2)23-34/h3,7-18,34H,1-2,4-6,19-23H2. The number of hydrogen-bond donors (Lipinski definition) is 1. The molecule has 9 nitrogen and oxygen atoms in total. The smallest absolute Gasteiger partial charge is 0.343 e. The zero-order valence-corrected chi connectivity index (χ0v) is 23.3. The highest BCUT2D eigenvalue weighted by atomic mass is 16.5. The number of aliphatic hydroxyl groups excluding tert-OH is 1. The summed E-state index contributed by atoms with van der Waals surface area (Å²) < 4.78 is 26.7. The van der Waals surface area contributed by atoms with Gasteiger partial charge in [-0.05, 0) is 72.5 Å². The number of unbranched alkanes of at least 4 members (excludes halogenated alkanes) is 1. The Balaban J connectivity index is 1.39. The van der Waals surface area contributed by atoms with Gasteiger partial charge < -0.3 is 28.8 Å². The van der Waals surface area contributed by atoms with Crippen LogP contribution < -0.4 is 14.2 Å². The van der Waals surface area contributed by atoms with Gasteiger partial charge in [0.1, 0.15) is 17.2 Å². The first kappa shape index (κ1) is 31.6. The van der Waals surface area contributed by atoms with Crippen LogP contribution in [-0.2, 0) is 19.1 Å². The van der Waals surface area contributed by atoms with Gasteiger partial charge in [-0.3, -0.25) is 0 Å². The van der Waals surface area contributed by atoms with Gasteiger partial charge in [0, 0.05) is 12.5 Å². The molecule has 0 heterocycles. The molecule has 42 heavy (non-hydrogen) atoms. The van der Waals surface area contributed by atoms with E-state index in [0.29, 0.717) is 55.5 Å². The van der Waals surface area contributed by atoms with Gasteiger partial charge in [0.2, 0.25) is 0 Å². The fraction of sp³-hybridized carbons (Fsp3) is 0.242. The van der Waals surface area contributed by atoms with E-state index in [1.807, 2.05) is 36.4 Å². The number of carbonyl (C=O) groups is 3. The van der Waals surface area contributed by atoms with E-state index in [-0.39, 0.29) is 12.2 Å². The van der Waals surface area contributed by atoms with Gasteiger partial charge in [0.05, 0.1) is 44.2 Å². The number of rotatable bonds is 17. The van der Waals surface area contributed by atoms with Crippen molar-refractivity contribution in [3.63, 3.8) is 0 Å². The first-order chi connectivity index (χ1) is 20.4. The molecule has 0 aliphatic heterocycles. The molecular formula is C33H34O9. The van der Waals surface area contributed by atoms with Crippen LogP contribution in [0, 0.1) is 0 Å². The summed E-state index contributed by atoms with van der Waals surface area (Å²) in [5.74, 6) is 0.194. The summed E-state index contributed by atoms with van der Waals surface area (Å²) >= 11 is 0. The molecule has 0 atom stereocenters. The second kappa shape index (κ2) is 17.0. The minimum atomic E-state index is -0.614. The Hall–Kier alpha value is -4.89. The van der Waals surface area contributed by atoms with Crippen molar-refractivity contribution in [1.82, 2.24) is 0 Å². The van der Waals surface area contributed by atoms with Crippen LogP contribution in [0.5, 0.6) is 17.2 Å². The third-order valence-electron chi connectivity index (χ3n) is 5.83. The predicted octanol–water partition coefficient (Wildman–Crippen LogP) is 5.32. The summed E-state index contributed by atoms with van der Waals surface area (Å²) in [5, 5.41) is 8.85. The van der Waals surface area contributed by atoms with E-state index in [1.165, 1.54) is 0 Å². The van der Waals surface area contributed by atoms with E-state index in [2.05, 4.69) is 13.2 Å². The molecule has 0 bridgehead atoms. The predicted molar refractivity (Wildman–Crippen MR) is 156 cm³/mol. The lowest BCUT2D eigenvalue weighted by atomic mass is 10.0. The maximum absolute atomic E-state index is 12.6. The molecule has 0 saturated carbocycles. The summed E-state index contributed by atoms with van der Waals surface area (Å²) in [5.41, 5.74) is 2.31.